The summed E-state index contributed by atoms with van der Waals surface area (Å²) in [7, 11) is 0. The maximum atomic E-state index is 9.39. The zero-order valence-corrected chi connectivity index (χ0v) is 7.22. The van der Waals surface area contributed by atoms with Crippen molar-refractivity contribution in [1.29, 1.82) is 0 Å². The first-order valence-electron chi connectivity index (χ1n) is 4.06. The van der Waals surface area contributed by atoms with Gasteiger partial charge in [-0.15, -0.1) is 0 Å². The molecule has 0 fully saturated rings. The van der Waals surface area contributed by atoms with Crippen molar-refractivity contribution in [2.75, 3.05) is 0 Å². The molecule has 0 saturated carbocycles. The molecule has 1 aromatic rings. The lowest BCUT2D eigenvalue weighted by atomic mass is 10.1. The van der Waals surface area contributed by atoms with Gasteiger partial charge in [-0.1, -0.05) is 24.3 Å². The van der Waals surface area contributed by atoms with Crippen molar-refractivity contribution in [3.05, 3.63) is 35.4 Å². The average Bonchev–Trinajstić information content (AvgIpc) is 2.47. The fraction of sp³-hybridized carbons (Fsp3) is 0.333. The van der Waals surface area contributed by atoms with E-state index in [4.69, 9.17) is 10.9 Å². The molecule has 1 aliphatic carbocycles. The van der Waals surface area contributed by atoms with Gasteiger partial charge >= 0.3 is 0 Å². The molecule has 0 saturated heterocycles. The van der Waals surface area contributed by atoms with Crippen molar-refractivity contribution < 1.29 is 10.3 Å². The largest absolute Gasteiger partial charge is 0.391 e. The predicted octanol–water partition coefficient (Wildman–Crippen LogP) is -0.0623. The minimum atomic E-state index is -0.382. The summed E-state index contributed by atoms with van der Waals surface area (Å²) in [6.07, 6.45) is 0.324. The molecule has 0 spiro atoms. The molecule has 0 aliphatic heterocycles. The van der Waals surface area contributed by atoms with Crippen LogP contribution >= 0.6 is 0 Å². The molecule has 2 rings (SSSR count). The van der Waals surface area contributed by atoms with Crippen LogP contribution in [-0.2, 0) is 6.42 Å². The van der Waals surface area contributed by atoms with Crippen molar-refractivity contribution in [1.82, 2.24) is 0 Å². The van der Waals surface area contributed by atoms with Crippen molar-refractivity contribution in [2.45, 2.75) is 18.6 Å². The van der Waals surface area contributed by atoms with Gasteiger partial charge in [0.1, 0.15) is 0 Å². The molecule has 1 aromatic carbocycles. The van der Waals surface area contributed by atoms with Crippen molar-refractivity contribution in [2.24, 2.45) is 11.6 Å². The fourth-order valence-electron chi connectivity index (χ4n) is 1.60. The summed E-state index contributed by atoms with van der Waals surface area (Å²) in [6.45, 7) is 0. The molecule has 4 nitrogen and oxygen atoms in total. The third-order valence-corrected chi connectivity index (χ3v) is 2.26. The molecule has 0 amide bonds. The number of nitrogens with two attached hydrogens (primary N) is 2. The van der Waals surface area contributed by atoms with Gasteiger partial charge in [-0.2, -0.15) is 0 Å². The van der Waals surface area contributed by atoms with E-state index in [1.54, 1.807) is 0 Å². The number of hydrogen-bond donors (Lipinski definition) is 4. The predicted molar refractivity (Wildman–Crippen MR) is 49.1 cm³/mol. The van der Waals surface area contributed by atoms with Crippen LogP contribution in [0.5, 0.6) is 0 Å². The van der Waals surface area contributed by atoms with E-state index < -0.39 is 0 Å². The molecule has 2 atom stereocenters. The second-order valence-electron chi connectivity index (χ2n) is 3.00. The topological polar surface area (TPSA) is 92.5 Å². The van der Waals surface area contributed by atoms with E-state index in [9.17, 15) is 5.11 Å². The Kier molecular flexibility index (Phi) is 3.39. The molecular weight excluding hydrogens is 168 g/mol. The molecular formula is C9H14N2O2. The van der Waals surface area contributed by atoms with Gasteiger partial charge in [0.15, 0.2) is 0 Å². The monoisotopic (exact) mass is 182 g/mol. The zero-order valence-electron chi connectivity index (χ0n) is 7.22. The molecule has 72 valence electrons. The van der Waals surface area contributed by atoms with Crippen LogP contribution in [0.1, 0.15) is 17.2 Å². The van der Waals surface area contributed by atoms with E-state index in [0.29, 0.717) is 6.42 Å². The van der Waals surface area contributed by atoms with Gasteiger partial charge in [0.05, 0.1) is 12.1 Å². The van der Waals surface area contributed by atoms with Crippen LogP contribution in [-0.4, -0.2) is 16.4 Å². The molecule has 0 radical (unpaired) electrons. The van der Waals surface area contributed by atoms with Crippen molar-refractivity contribution >= 4 is 0 Å². The Morgan fingerprint density at radius 2 is 1.85 bits per heavy atom. The molecule has 4 heteroatoms. The van der Waals surface area contributed by atoms with Crippen LogP contribution in [0.3, 0.4) is 0 Å². The molecule has 0 bridgehead atoms. The first-order chi connectivity index (χ1) is 6.29. The van der Waals surface area contributed by atoms with Gasteiger partial charge in [-0.25, -0.2) is 5.90 Å². The summed E-state index contributed by atoms with van der Waals surface area (Å²) < 4.78 is 0. The Hall–Kier alpha value is -0.940. The van der Waals surface area contributed by atoms with Crippen molar-refractivity contribution in [3.63, 3.8) is 0 Å². The lowest BCUT2D eigenvalue weighted by Gasteiger charge is -2.07. The second-order valence-corrected chi connectivity index (χ2v) is 3.00. The Balaban J connectivity index is 0.000000396. The SMILES string of the molecule is NO.N[C@H]1c2ccccc2C[C@H]1O. The highest BCUT2D eigenvalue weighted by Crippen LogP contribution is 2.28. The van der Waals surface area contributed by atoms with Crippen LogP contribution in [0, 0.1) is 0 Å². The summed E-state index contributed by atoms with van der Waals surface area (Å²) in [6, 6.07) is 7.76. The highest BCUT2D eigenvalue weighted by atomic mass is 16.4. The Morgan fingerprint density at radius 3 is 2.46 bits per heavy atom. The van der Waals surface area contributed by atoms with Gasteiger partial charge in [0.2, 0.25) is 0 Å². The highest BCUT2D eigenvalue weighted by Gasteiger charge is 2.26. The standard InChI is InChI=1S/C9H11NO.H3NO/c10-9-7-4-2-1-3-6(7)5-8(9)11;1-2/h1-4,8-9,11H,5,10H2;2H,1H2/t8-,9+;/m1./s1. The maximum absolute atomic E-state index is 9.39. The van der Waals surface area contributed by atoms with E-state index in [1.807, 2.05) is 24.3 Å². The number of rotatable bonds is 0. The summed E-state index contributed by atoms with van der Waals surface area (Å²) >= 11 is 0. The minimum absolute atomic E-state index is 0.175. The molecule has 0 aromatic heterocycles. The average molecular weight is 182 g/mol. The van der Waals surface area contributed by atoms with Gasteiger partial charge in [0.25, 0.3) is 0 Å². The summed E-state index contributed by atoms with van der Waals surface area (Å²) in [5.41, 5.74) is 8.02. The minimum Gasteiger partial charge on any atom is -0.391 e. The first-order valence-corrected chi connectivity index (χ1v) is 4.06. The van der Waals surface area contributed by atoms with E-state index in [-0.39, 0.29) is 12.1 Å². The number of aliphatic hydroxyl groups excluding tert-OH is 1. The number of benzene rings is 1. The van der Waals surface area contributed by atoms with E-state index >= 15 is 0 Å². The van der Waals surface area contributed by atoms with E-state index in [0.717, 1.165) is 5.56 Å². The lowest BCUT2D eigenvalue weighted by molar-refractivity contribution is 0.158. The summed E-state index contributed by atoms with van der Waals surface area (Å²) in [5, 5.41) is 15.9. The van der Waals surface area contributed by atoms with Crippen LogP contribution in [0.25, 0.3) is 0 Å². The van der Waals surface area contributed by atoms with Gasteiger partial charge in [-0.3, -0.25) is 0 Å². The number of fused-ring (bicyclic) bond motifs is 1. The third-order valence-electron chi connectivity index (χ3n) is 2.26. The molecule has 1 aliphatic rings. The van der Waals surface area contributed by atoms with E-state index in [1.165, 1.54) is 5.56 Å². The molecule has 0 unspecified atom stereocenters. The third kappa shape index (κ3) is 1.87. The number of hydrogen-bond acceptors (Lipinski definition) is 4. The first kappa shape index (κ1) is 10.1. The molecule has 0 heterocycles. The van der Waals surface area contributed by atoms with Gasteiger partial charge < -0.3 is 16.0 Å². The highest BCUT2D eigenvalue weighted by molar-refractivity contribution is 5.35. The smallest absolute Gasteiger partial charge is 0.0773 e. The van der Waals surface area contributed by atoms with Crippen LogP contribution < -0.4 is 11.6 Å². The zero-order chi connectivity index (χ0) is 9.84. The van der Waals surface area contributed by atoms with E-state index in [2.05, 4.69) is 5.90 Å². The Bertz CT molecular complexity index is 278. The van der Waals surface area contributed by atoms with Gasteiger partial charge in [0, 0.05) is 6.42 Å². The summed E-state index contributed by atoms with van der Waals surface area (Å²) in [5.74, 6) is 3.50. The van der Waals surface area contributed by atoms with Gasteiger partial charge in [-0.05, 0) is 11.1 Å². The quantitative estimate of drug-likeness (QED) is 0.423. The normalized spacial score (nSPS) is 24.6. The Morgan fingerprint density at radius 1 is 1.23 bits per heavy atom. The van der Waals surface area contributed by atoms with Crippen LogP contribution in [0.15, 0.2) is 24.3 Å². The Labute approximate surface area is 76.7 Å². The summed E-state index contributed by atoms with van der Waals surface area (Å²) in [4.78, 5) is 0. The van der Waals surface area contributed by atoms with Crippen molar-refractivity contribution in [3.8, 4) is 0 Å². The fourth-order valence-corrected chi connectivity index (χ4v) is 1.60. The van der Waals surface area contributed by atoms with Crippen LogP contribution in [0.4, 0.5) is 0 Å². The van der Waals surface area contributed by atoms with Crippen LogP contribution in [0.2, 0.25) is 0 Å². The molecule has 13 heavy (non-hydrogen) atoms. The molecule has 6 N–H and O–H groups in total. The number of aliphatic hydroxyl groups is 1. The lowest BCUT2D eigenvalue weighted by Crippen LogP contribution is -2.21. The maximum Gasteiger partial charge on any atom is 0.0773 e. The second kappa shape index (κ2) is 4.34.